The van der Waals surface area contributed by atoms with Gasteiger partial charge in [0, 0.05) is 32.0 Å². The van der Waals surface area contributed by atoms with E-state index in [-0.39, 0.29) is 12.5 Å². The van der Waals surface area contributed by atoms with Crippen molar-refractivity contribution in [2.75, 3.05) is 19.3 Å². The highest BCUT2D eigenvalue weighted by Crippen LogP contribution is 2.23. The van der Waals surface area contributed by atoms with Gasteiger partial charge >= 0.3 is 0 Å². The second-order valence-electron chi connectivity index (χ2n) is 5.78. The van der Waals surface area contributed by atoms with Gasteiger partial charge in [0.15, 0.2) is 0 Å². The number of nitrogens with zero attached hydrogens (tertiary/aromatic N) is 2. The average molecular weight is 311 g/mol. The number of carbonyl (C=O) groups is 1. The highest BCUT2D eigenvalue weighted by Gasteiger charge is 2.26. The van der Waals surface area contributed by atoms with Crippen molar-refractivity contribution in [1.82, 2.24) is 14.6 Å². The van der Waals surface area contributed by atoms with E-state index in [9.17, 15) is 13.2 Å². The number of carbonyl (C=O) groups excluding carboxylic acids is 1. The third-order valence-corrected chi connectivity index (χ3v) is 4.74. The summed E-state index contributed by atoms with van der Waals surface area (Å²) in [5.41, 5.74) is 2.27. The van der Waals surface area contributed by atoms with Gasteiger partial charge in [0.25, 0.3) is 5.91 Å². The molecule has 1 amide bonds. The van der Waals surface area contributed by atoms with Crippen molar-refractivity contribution in [3.05, 3.63) is 29.1 Å². The van der Waals surface area contributed by atoms with Crippen LogP contribution in [0.1, 0.15) is 35.3 Å². The number of fused-ring (bicyclic) bond motifs is 1. The highest BCUT2D eigenvalue weighted by molar-refractivity contribution is 7.88. The van der Waals surface area contributed by atoms with Gasteiger partial charge in [0.05, 0.1) is 11.8 Å². The molecule has 1 aromatic heterocycles. The average Bonchev–Trinajstić information content (AvgIpc) is 2.42. The molecule has 0 aliphatic carbocycles. The monoisotopic (exact) mass is 311 g/mol. The van der Waals surface area contributed by atoms with Crippen molar-refractivity contribution in [2.24, 2.45) is 5.92 Å². The molecule has 116 valence electrons. The molecular formula is C14H21N3O3S. The zero-order valence-electron chi connectivity index (χ0n) is 12.6. The smallest absolute Gasteiger partial charge is 0.253 e. The quantitative estimate of drug-likeness (QED) is 0.891. The van der Waals surface area contributed by atoms with E-state index in [0.717, 1.165) is 11.1 Å². The van der Waals surface area contributed by atoms with Gasteiger partial charge in [-0.05, 0) is 23.5 Å². The molecule has 0 saturated carbocycles. The number of rotatable bonds is 4. The number of hydrogen-bond donors (Lipinski definition) is 1. The summed E-state index contributed by atoms with van der Waals surface area (Å²) in [5.74, 6) is 0.239. The van der Waals surface area contributed by atoms with Gasteiger partial charge in [-0.3, -0.25) is 9.78 Å². The van der Waals surface area contributed by atoms with Crippen LogP contribution in [0.15, 0.2) is 12.4 Å². The van der Waals surface area contributed by atoms with Crippen molar-refractivity contribution >= 4 is 15.9 Å². The van der Waals surface area contributed by atoms with Gasteiger partial charge in [0.2, 0.25) is 10.0 Å². The molecule has 1 aliphatic rings. The Morgan fingerprint density at radius 3 is 2.76 bits per heavy atom. The number of hydrogen-bond acceptors (Lipinski definition) is 4. The zero-order chi connectivity index (χ0) is 15.6. The molecule has 0 unspecified atom stereocenters. The van der Waals surface area contributed by atoms with Crippen LogP contribution in [-0.4, -0.2) is 43.0 Å². The number of pyridine rings is 1. The van der Waals surface area contributed by atoms with Gasteiger partial charge < -0.3 is 5.32 Å². The fourth-order valence-electron chi connectivity index (χ4n) is 2.34. The first-order valence-corrected chi connectivity index (χ1v) is 8.83. The number of nitrogens with one attached hydrogen (secondary N) is 1. The van der Waals surface area contributed by atoms with Crippen LogP contribution in [0.4, 0.5) is 0 Å². The SMILES string of the molecule is CC(C)CNC(=O)c1cncc2c1CCN(S(C)(=O)=O)C2. The summed E-state index contributed by atoms with van der Waals surface area (Å²) in [7, 11) is -3.22. The Morgan fingerprint density at radius 1 is 1.43 bits per heavy atom. The molecule has 0 saturated heterocycles. The second kappa shape index (κ2) is 6.11. The minimum atomic E-state index is -3.22. The molecule has 7 heteroatoms. The Morgan fingerprint density at radius 2 is 2.14 bits per heavy atom. The molecule has 6 nitrogen and oxygen atoms in total. The summed E-state index contributed by atoms with van der Waals surface area (Å²) in [6.07, 6.45) is 4.94. The molecule has 1 aliphatic heterocycles. The van der Waals surface area contributed by atoms with Crippen molar-refractivity contribution in [3.63, 3.8) is 0 Å². The first kappa shape index (κ1) is 15.9. The highest BCUT2D eigenvalue weighted by atomic mass is 32.2. The largest absolute Gasteiger partial charge is 0.352 e. The molecule has 0 bridgehead atoms. The fourth-order valence-corrected chi connectivity index (χ4v) is 3.13. The van der Waals surface area contributed by atoms with E-state index in [1.165, 1.54) is 10.6 Å². The maximum atomic E-state index is 12.2. The minimum Gasteiger partial charge on any atom is -0.352 e. The standard InChI is InChI=1S/C14H21N3O3S/c1-10(2)6-16-14(18)13-8-15-7-11-9-17(21(3,19)20)5-4-12(11)13/h7-8,10H,4-6,9H2,1-3H3,(H,16,18). The summed E-state index contributed by atoms with van der Waals surface area (Å²) < 4.78 is 24.6. The van der Waals surface area contributed by atoms with Crippen molar-refractivity contribution in [3.8, 4) is 0 Å². The van der Waals surface area contributed by atoms with E-state index in [2.05, 4.69) is 10.3 Å². The topological polar surface area (TPSA) is 79.4 Å². The number of sulfonamides is 1. The lowest BCUT2D eigenvalue weighted by Crippen LogP contribution is -2.37. The minimum absolute atomic E-state index is 0.138. The Hall–Kier alpha value is -1.47. The lowest BCUT2D eigenvalue weighted by molar-refractivity contribution is 0.0947. The number of amides is 1. The van der Waals surface area contributed by atoms with Crippen LogP contribution < -0.4 is 5.32 Å². The van der Waals surface area contributed by atoms with Gasteiger partial charge in [0.1, 0.15) is 0 Å². The Labute approximate surface area is 125 Å². The van der Waals surface area contributed by atoms with Gasteiger partial charge in [-0.2, -0.15) is 4.31 Å². The van der Waals surface area contributed by atoms with Gasteiger partial charge in [-0.25, -0.2) is 8.42 Å². The molecule has 2 heterocycles. The fraction of sp³-hybridized carbons (Fsp3) is 0.571. The molecule has 0 aromatic carbocycles. The van der Waals surface area contributed by atoms with Crippen LogP contribution in [0.3, 0.4) is 0 Å². The van der Waals surface area contributed by atoms with E-state index in [0.29, 0.717) is 31.0 Å². The predicted octanol–water partition coefficient (Wildman–Crippen LogP) is 0.785. The first-order chi connectivity index (χ1) is 9.79. The van der Waals surface area contributed by atoms with E-state index in [1.54, 1.807) is 12.4 Å². The Kier molecular flexibility index (Phi) is 4.63. The third kappa shape index (κ3) is 3.79. The molecular weight excluding hydrogens is 290 g/mol. The first-order valence-electron chi connectivity index (χ1n) is 6.98. The summed E-state index contributed by atoms with van der Waals surface area (Å²) in [6.45, 7) is 5.36. The maximum absolute atomic E-state index is 12.2. The zero-order valence-corrected chi connectivity index (χ0v) is 13.4. The third-order valence-electron chi connectivity index (χ3n) is 3.49. The van der Waals surface area contributed by atoms with Crippen LogP contribution in [0.5, 0.6) is 0 Å². The molecule has 2 rings (SSSR count). The molecule has 0 fully saturated rings. The van der Waals surface area contributed by atoms with Gasteiger partial charge in [-0.1, -0.05) is 13.8 Å². The van der Waals surface area contributed by atoms with E-state index in [4.69, 9.17) is 0 Å². The van der Waals surface area contributed by atoms with Crippen molar-refractivity contribution < 1.29 is 13.2 Å². The Bertz CT molecular complexity index is 641. The van der Waals surface area contributed by atoms with Crippen molar-refractivity contribution in [2.45, 2.75) is 26.8 Å². The molecule has 0 spiro atoms. The summed E-state index contributed by atoms with van der Waals surface area (Å²) >= 11 is 0. The number of aromatic nitrogens is 1. The second-order valence-corrected chi connectivity index (χ2v) is 7.76. The lowest BCUT2D eigenvalue weighted by Gasteiger charge is -2.27. The summed E-state index contributed by atoms with van der Waals surface area (Å²) in [5, 5.41) is 2.88. The van der Waals surface area contributed by atoms with Crippen LogP contribution in [-0.2, 0) is 23.0 Å². The summed E-state index contributed by atoms with van der Waals surface area (Å²) in [4.78, 5) is 16.3. The van der Waals surface area contributed by atoms with Gasteiger partial charge in [-0.15, -0.1) is 0 Å². The normalized spacial score (nSPS) is 15.8. The van der Waals surface area contributed by atoms with Crippen LogP contribution in [0.2, 0.25) is 0 Å². The van der Waals surface area contributed by atoms with Crippen molar-refractivity contribution in [1.29, 1.82) is 0 Å². The molecule has 0 atom stereocenters. The summed E-state index contributed by atoms with van der Waals surface area (Å²) in [6, 6.07) is 0. The Balaban J connectivity index is 2.23. The van der Waals surface area contributed by atoms with E-state index < -0.39 is 10.0 Å². The molecule has 1 N–H and O–H groups in total. The van der Waals surface area contributed by atoms with E-state index >= 15 is 0 Å². The van der Waals surface area contributed by atoms with Crippen LogP contribution in [0.25, 0.3) is 0 Å². The molecule has 0 radical (unpaired) electrons. The van der Waals surface area contributed by atoms with E-state index in [1.807, 2.05) is 13.8 Å². The molecule has 21 heavy (non-hydrogen) atoms. The maximum Gasteiger partial charge on any atom is 0.253 e. The predicted molar refractivity (Wildman–Crippen MR) is 80.4 cm³/mol. The van der Waals surface area contributed by atoms with Crippen LogP contribution in [0, 0.1) is 5.92 Å². The lowest BCUT2D eigenvalue weighted by atomic mass is 9.98. The van der Waals surface area contributed by atoms with Crippen LogP contribution >= 0.6 is 0 Å². The molecule has 1 aromatic rings.